The van der Waals surface area contributed by atoms with Gasteiger partial charge in [-0.25, -0.2) is 4.79 Å². The van der Waals surface area contributed by atoms with E-state index >= 15 is 0 Å². The molecule has 1 atom stereocenters. The van der Waals surface area contributed by atoms with E-state index in [1.165, 1.54) is 0 Å². The lowest BCUT2D eigenvalue weighted by molar-refractivity contribution is -0.116. The zero-order chi connectivity index (χ0) is 15.6. The van der Waals surface area contributed by atoms with Crippen LogP contribution in [0.1, 0.15) is 38.3 Å². The number of carbonyl (C=O) groups is 2. The molecule has 1 aliphatic rings. The van der Waals surface area contributed by atoms with E-state index in [4.69, 9.17) is 4.74 Å². The highest BCUT2D eigenvalue weighted by molar-refractivity contribution is 5.93. The van der Waals surface area contributed by atoms with E-state index in [-0.39, 0.29) is 18.4 Å². The lowest BCUT2D eigenvalue weighted by Crippen LogP contribution is -2.41. The number of fused-ring (bicyclic) bond motifs is 1. The number of anilines is 1. The molecule has 0 bridgehead atoms. The summed E-state index contributed by atoms with van der Waals surface area (Å²) in [5, 5.41) is 5.65. The second kappa shape index (κ2) is 5.76. The molecule has 114 valence electrons. The number of aryl methyl sites for hydroxylation is 1. The Bertz CT molecular complexity index is 561. The molecule has 1 aromatic carbocycles. The highest BCUT2D eigenvalue weighted by Crippen LogP contribution is 2.23. The number of carbonyl (C=O) groups excluding carboxylic acids is 2. The van der Waals surface area contributed by atoms with Gasteiger partial charge >= 0.3 is 6.09 Å². The van der Waals surface area contributed by atoms with Crippen LogP contribution in [0.4, 0.5) is 10.5 Å². The highest BCUT2D eigenvalue weighted by atomic mass is 16.6. The summed E-state index contributed by atoms with van der Waals surface area (Å²) < 4.78 is 5.25. The SMILES string of the molecule is Cc1ccc2c(c1)CC(NC(=O)OC(C)(C)C)CC(=O)N2. The first kappa shape index (κ1) is 15.4. The average Bonchev–Trinajstić information content (AvgIpc) is 2.43. The molecule has 1 unspecified atom stereocenters. The molecule has 2 N–H and O–H groups in total. The molecule has 2 rings (SSSR count). The third-order valence-corrected chi connectivity index (χ3v) is 3.15. The van der Waals surface area contributed by atoms with Gasteiger partial charge in [0.25, 0.3) is 0 Å². The predicted molar refractivity (Wildman–Crippen MR) is 81.3 cm³/mol. The third kappa shape index (κ3) is 4.48. The zero-order valence-electron chi connectivity index (χ0n) is 12.9. The molecule has 0 aliphatic carbocycles. The lowest BCUT2D eigenvalue weighted by Gasteiger charge is -2.22. The minimum Gasteiger partial charge on any atom is -0.444 e. The smallest absolute Gasteiger partial charge is 0.407 e. The van der Waals surface area contributed by atoms with Crippen LogP contribution < -0.4 is 10.6 Å². The summed E-state index contributed by atoms with van der Waals surface area (Å²) in [5.41, 5.74) is 2.42. The minimum absolute atomic E-state index is 0.0985. The van der Waals surface area contributed by atoms with Crippen LogP contribution in [-0.2, 0) is 16.0 Å². The normalized spacial score (nSPS) is 18.3. The largest absolute Gasteiger partial charge is 0.444 e. The van der Waals surface area contributed by atoms with Crippen molar-refractivity contribution in [2.24, 2.45) is 0 Å². The van der Waals surface area contributed by atoms with Gasteiger partial charge in [0.2, 0.25) is 5.91 Å². The Balaban J connectivity index is 2.11. The maximum Gasteiger partial charge on any atom is 0.407 e. The predicted octanol–water partition coefficient (Wildman–Crippen LogP) is 2.77. The van der Waals surface area contributed by atoms with Crippen molar-refractivity contribution >= 4 is 17.7 Å². The molecule has 5 heteroatoms. The fourth-order valence-electron chi connectivity index (χ4n) is 2.35. The summed E-state index contributed by atoms with van der Waals surface area (Å²) in [6, 6.07) is 5.63. The molecule has 21 heavy (non-hydrogen) atoms. The lowest BCUT2D eigenvalue weighted by atomic mass is 10.0. The van der Waals surface area contributed by atoms with Crippen LogP contribution in [-0.4, -0.2) is 23.6 Å². The van der Waals surface area contributed by atoms with Gasteiger partial charge in [-0.3, -0.25) is 4.79 Å². The van der Waals surface area contributed by atoms with E-state index in [9.17, 15) is 9.59 Å². The van der Waals surface area contributed by atoms with Gasteiger partial charge in [-0.05, 0) is 45.7 Å². The molecule has 0 fully saturated rings. The van der Waals surface area contributed by atoms with E-state index in [0.29, 0.717) is 6.42 Å². The van der Waals surface area contributed by atoms with Crippen LogP contribution in [0, 0.1) is 6.92 Å². The summed E-state index contributed by atoms with van der Waals surface area (Å²) >= 11 is 0. The summed E-state index contributed by atoms with van der Waals surface area (Å²) in [6.45, 7) is 7.43. The van der Waals surface area contributed by atoms with Crippen LogP contribution in [0.2, 0.25) is 0 Å². The van der Waals surface area contributed by atoms with Crippen molar-refractivity contribution in [3.8, 4) is 0 Å². The fraction of sp³-hybridized carbons (Fsp3) is 0.500. The van der Waals surface area contributed by atoms with Gasteiger partial charge in [0.05, 0.1) is 0 Å². The molecule has 2 amide bonds. The maximum atomic E-state index is 11.9. The number of hydrogen-bond acceptors (Lipinski definition) is 3. The van der Waals surface area contributed by atoms with Crippen molar-refractivity contribution in [3.05, 3.63) is 29.3 Å². The van der Waals surface area contributed by atoms with Gasteiger partial charge in [-0.15, -0.1) is 0 Å². The van der Waals surface area contributed by atoms with Crippen LogP contribution in [0.3, 0.4) is 0 Å². The van der Waals surface area contributed by atoms with Crippen molar-refractivity contribution in [1.82, 2.24) is 5.32 Å². The van der Waals surface area contributed by atoms with Crippen LogP contribution in [0.15, 0.2) is 18.2 Å². The molecule has 1 heterocycles. The molecule has 0 saturated carbocycles. The third-order valence-electron chi connectivity index (χ3n) is 3.15. The van der Waals surface area contributed by atoms with Crippen molar-refractivity contribution in [2.75, 3.05) is 5.32 Å². The van der Waals surface area contributed by atoms with Crippen molar-refractivity contribution in [1.29, 1.82) is 0 Å². The van der Waals surface area contributed by atoms with E-state index in [1.807, 2.05) is 45.9 Å². The summed E-state index contributed by atoms with van der Waals surface area (Å²) in [6.07, 6.45) is 0.360. The van der Waals surface area contributed by atoms with Crippen LogP contribution in [0.5, 0.6) is 0 Å². The second-order valence-corrected chi connectivity index (χ2v) is 6.46. The number of nitrogens with one attached hydrogen (secondary N) is 2. The van der Waals surface area contributed by atoms with Crippen molar-refractivity contribution in [3.63, 3.8) is 0 Å². The summed E-state index contributed by atoms with van der Waals surface area (Å²) in [5.74, 6) is -0.0985. The molecule has 0 radical (unpaired) electrons. The molecule has 0 saturated heterocycles. The first-order valence-corrected chi connectivity index (χ1v) is 7.12. The summed E-state index contributed by atoms with van der Waals surface area (Å²) in [4.78, 5) is 23.8. The summed E-state index contributed by atoms with van der Waals surface area (Å²) in [7, 11) is 0. The molecule has 1 aliphatic heterocycles. The Morgan fingerprint density at radius 1 is 1.33 bits per heavy atom. The number of benzene rings is 1. The number of ether oxygens (including phenoxy) is 1. The standard InChI is InChI=1S/C16H22N2O3/c1-10-5-6-13-11(7-10)8-12(9-14(19)18-13)17-15(20)21-16(2,3)4/h5-7,12H,8-9H2,1-4H3,(H,17,20)(H,18,19). The van der Waals surface area contributed by atoms with E-state index in [1.54, 1.807) is 0 Å². The zero-order valence-corrected chi connectivity index (χ0v) is 12.9. The molecule has 0 aromatic heterocycles. The number of rotatable bonds is 1. The van der Waals surface area contributed by atoms with Gasteiger partial charge in [0.15, 0.2) is 0 Å². The Labute approximate surface area is 125 Å². The first-order valence-electron chi connectivity index (χ1n) is 7.12. The van der Waals surface area contributed by atoms with Gasteiger partial charge in [-0.1, -0.05) is 17.7 Å². The topological polar surface area (TPSA) is 67.4 Å². The van der Waals surface area contributed by atoms with Gasteiger partial charge in [-0.2, -0.15) is 0 Å². The molecular weight excluding hydrogens is 268 g/mol. The maximum absolute atomic E-state index is 11.9. The second-order valence-electron chi connectivity index (χ2n) is 6.46. The van der Waals surface area contributed by atoms with Crippen molar-refractivity contribution < 1.29 is 14.3 Å². The Hall–Kier alpha value is -2.04. The van der Waals surface area contributed by atoms with Gasteiger partial charge < -0.3 is 15.4 Å². The van der Waals surface area contributed by atoms with E-state index < -0.39 is 11.7 Å². The Kier molecular flexibility index (Phi) is 4.21. The molecule has 0 spiro atoms. The Morgan fingerprint density at radius 3 is 2.71 bits per heavy atom. The van der Waals surface area contributed by atoms with Crippen LogP contribution >= 0.6 is 0 Å². The first-order chi connectivity index (χ1) is 9.73. The van der Waals surface area contributed by atoms with Crippen molar-refractivity contribution in [2.45, 2.75) is 52.2 Å². The highest BCUT2D eigenvalue weighted by Gasteiger charge is 2.25. The molecular formula is C16H22N2O3. The minimum atomic E-state index is -0.550. The Morgan fingerprint density at radius 2 is 2.05 bits per heavy atom. The van der Waals surface area contributed by atoms with E-state index in [0.717, 1.165) is 16.8 Å². The molecule has 1 aromatic rings. The number of amides is 2. The number of alkyl carbamates (subject to hydrolysis) is 1. The quantitative estimate of drug-likeness (QED) is 0.835. The van der Waals surface area contributed by atoms with Crippen LogP contribution in [0.25, 0.3) is 0 Å². The van der Waals surface area contributed by atoms with E-state index in [2.05, 4.69) is 10.6 Å². The number of hydrogen-bond donors (Lipinski definition) is 2. The fourth-order valence-corrected chi connectivity index (χ4v) is 2.35. The molecule has 5 nitrogen and oxygen atoms in total. The average molecular weight is 290 g/mol. The van der Waals surface area contributed by atoms with Gasteiger partial charge in [0, 0.05) is 18.2 Å². The monoisotopic (exact) mass is 290 g/mol. The van der Waals surface area contributed by atoms with Gasteiger partial charge in [0.1, 0.15) is 5.60 Å².